The van der Waals surface area contributed by atoms with Gasteiger partial charge in [-0.2, -0.15) is 0 Å². The smallest absolute Gasteiger partial charge is 0.303 e. The van der Waals surface area contributed by atoms with Gasteiger partial charge in [-0.05, 0) is 38.5 Å². The van der Waals surface area contributed by atoms with Crippen LogP contribution in [0.3, 0.4) is 0 Å². The van der Waals surface area contributed by atoms with E-state index >= 15 is 0 Å². The van der Waals surface area contributed by atoms with E-state index < -0.39 is 24.5 Å². The maximum Gasteiger partial charge on any atom is 0.303 e. The highest BCUT2D eigenvalue weighted by Crippen LogP contribution is 2.07. The van der Waals surface area contributed by atoms with E-state index in [2.05, 4.69) is 0 Å². The molecule has 0 aliphatic rings. The number of aliphatic hydroxyl groups is 4. The van der Waals surface area contributed by atoms with E-state index in [0.717, 1.165) is 25.7 Å². The Bertz CT molecular complexity index is 250. The summed E-state index contributed by atoms with van der Waals surface area (Å²) in [6, 6.07) is 0. The fraction of sp³-hybridized carbons (Fsp3) is 0.857. The largest absolute Gasteiger partial charge is 0.481 e. The molecule has 0 heterocycles. The van der Waals surface area contributed by atoms with E-state index in [1.165, 1.54) is 0 Å². The molecule has 0 aliphatic carbocycles. The average molecular weight is 324 g/mol. The predicted molar refractivity (Wildman–Crippen MR) is 77.9 cm³/mol. The van der Waals surface area contributed by atoms with Crippen LogP contribution in [-0.4, -0.2) is 55.2 Å². The van der Waals surface area contributed by atoms with Crippen LogP contribution in [-0.2, 0) is 9.59 Å². The van der Waals surface area contributed by atoms with Crippen molar-refractivity contribution in [2.75, 3.05) is 0 Å². The quantitative estimate of drug-likeness (QED) is 0.226. The summed E-state index contributed by atoms with van der Waals surface area (Å²) < 4.78 is 0. The molecule has 0 saturated carbocycles. The van der Waals surface area contributed by atoms with Gasteiger partial charge in [-0.15, -0.1) is 0 Å². The molecule has 8 heteroatoms. The van der Waals surface area contributed by atoms with Crippen LogP contribution in [0.4, 0.5) is 0 Å². The Balaban J connectivity index is 0. The van der Waals surface area contributed by atoms with E-state index in [1.54, 1.807) is 0 Å². The van der Waals surface area contributed by atoms with Crippen molar-refractivity contribution >= 4 is 11.9 Å². The van der Waals surface area contributed by atoms with Crippen LogP contribution >= 0.6 is 0 Å². The van der Waals surface area contributed by atoms with Crippen molar-refractivity contribution in [2.24, 2.45) is 0 Å². The molecule has 0 aromatic carbocycles. The second kappa shape index (κ2) is 16.2. The summed E-state index contributed by atoms with van der Waals surface area (Å²) in [5.74, 6) is -1.74. The average Bonchev–Trinajstić information content (AvgIpc) is 2.38. The molecular weight excluding hydrogens is 296 g/mol. The SMILES string of the molecule is O=C(O)CCCCC(=O)O.OC(O)CCCCCCC(O)O. The van der Waals surface area contributed by atoms with Crippen LogP contribution in [0, 0.1) is 0 Å². The number of hydrogen-bond donors (Lipinski definition) is 6. The first-order valence-electron chi connectivity index (χ1n) is 7.41. The maximum atomic E-state index is 9.90. The van der Waals surface area contributed by atoms with Gasteiger partial charge in [-0.25, -0.2) is 0 Å². The molecule has 132 valence electrons. The number of rotatable bonds is 12. The number of carboxylic acid groups (broad SMARTS) is 2. The van der Waals surface area contributed by atoms with Crippen LogP contribution in [0.25, 0.3) is 0 Å². The third-order valence-electron chi connectivity index (χ3n) is 2.71. The lowest BCUT2D eigenvalue weighted by molar-refractivity contribution is -0.139. The van der Waals surface area contributed by atoms with E-state index in [0.29, 0.717) is 25.7 Å². The van der Waals surface area contributed by atoms with Gasteiger partial charge in [0.25, 0.3) is 0 Å². The van der Waals surface area contributed by atoms with Gasteiger partial charge in [0.15, 0.2) is 12.6 Å². The standard InChI is InChI=1S/C8H18O4.C6H10O4/c9-7(10)5-3-1-2-4-6-8(11)12;7-5(8)3-1-2-4-6(9)10/h7-12H,1-6H2;1-4H2,(H,7,8)(H,9,10). The summed E-state index contributed by atoms with van der Waals surface area (Å²) in [6.45, 7) is 0. The highest BCUT2D eigenvalue weighted by molar-refractivity contribution is 5.67. The molecule has 0 saturated heterocycles. The van der Waals surface area contributed by atoms with Crippen molar-refractivity contribution < 1.29 is 40.2 Å². The van der Waals surface area contributed by atoms with Gasteiger partial charge in [0.2, 0.25) is 0 Å². The van der Waals surface area contributed by atoms with Crippen molar-refractivity contribution in [3.8, 4) is 0 Å². The Morgan fingerprint density at radius 2 is 0.909 bits per heavy atom. The van der Waals surface area contributed by atoms with Crippen LogP contribution in [0.1, 0.15) is 64.2 Å². The van der Waals surface area contributed by atoms with Crippen LogP contribution in [0.2, 0.25) is 0 Å². The molecule has 0 radical (unpaired) electrons. The summed E-state index contributed by atoms with van der Waals surface area (Å²) in [5, 5.41) is 50.2. The fourth-order valence-corrected chi connectivity index (χ4v) is 1.56. The fourth-order valence-electron chi connectivity index (χ4n) is 1.56. The molecule has 0 amide bonds. The molecule has 0 atom stereocenters. The topological polar surface area (TPSA) is 156 Å². The van der Waals surface area contributed by atoms with Crippen LogP contribution in [0.15, 0.2) is 0 Å². The third kappa shape index (κ3) is 27.2. The number of aliphatic hydroxyl groups excluding tert-OH is 2. The molecule has 0 aliphatic heterocycles. The van der Waals surface area contributed by atoms with Gasteiger partial charge in [0.05, 0.1) is 0 Å². The molecule has 0 unspecified atom stereocenters. The number of carboxylic acids is 2. The van der Waals surface area contributed by atoms with Crippen LogP contribution in [0.5, 0.6) is 0 Å². The molecule has 0 rings (SSSR count). The predicted octanol–water partition coefficient (Wildman–Crippen LogP) is 0.664. The Morgan fingerprint density at radius 1 is 0.591 bits per heavy atom. The molecule has 0 aromatic rings. The molecule has 0 fully saturated rings. The molecule has 0 aromatic heterocycles. The molecule has 0 bridgehead atoms. The minimum atomic E-state index is -1.20. The van der Waals surface area contributed by atoms with E-state index in [-0.39, 0.29) is 12.8 Å². The summed E-state index contributed by atoms with van der Waals surface area (Å²) in [5.41, 5.74) is 0. The van der Waals surface area contributed by atoms with Crippen molar-refractivity contribution in [1.82, 2.24) is 0 Å². The summed E-state index contributed by atoms with van der Waals surface area (Å²) in [4.78, 5) is 19.8. The Hall–Kier alpha value is -1.22. The van der Waals surface area contributed by atoms with Gasteiger partial charge in [-0.1, -0.05) is 12.8 Å². The molecule has 6 N–H and O–H groups in total. The van der Waals surface area contributed by atoms with E-state index in [1.807, 2.05) is 0 Å². The van der Waals surface area contributed by atoms with Crippen molar-refractivity contribution in [3.63, 3.8) is 0 Å². The first-order valence-corrected chi connectivity index (χ1v) is 7.41. The zero-order valence-corrected chi connectivity index (χ0v) is 12.7. The summed E-state index contributed by atoms with van der Waals surface area (Å²) in [7, 11) is 0. The van der Waals surface area contributed by atoms with Gasteiger partial charge in [0.1, 0.15) is 0 Å². The maximum absolute atomic E-state index is 9.90. The van der Waals surface area contributed by atoms with E-state index in [4.69, 9.17) is 30.6 Å². The van der Waals surface area contributed by atoms with Crippen molar-refractivity contribution in [1.29, 1.82) is 0 Å². The number of carbonyl (C=O) groups is 2. The highest BCUT2D eigenvalue weighted by atomic mass is 16.5. The molecule has 8 nitrogen and oxygen atoms in total. The lowest BCUT2D eigenvalue weighted by atomic mass is 10.1. The van der Waals surface area contributed by atoms with Gasteiger partial charge < -0.3 is 30.6 Å². The second-order valence-electron chi connectivity index (χ2n) is 4.95. The normalized spacial score (nSPS) is 10.5. The second-order valence-corrected chi connectivity index (χ2v) is 4.95. The zero-order valence-electron chi connectivity index (χ0n) is 12.7. The third-order valence-corrected chi connectivity index (χ3v) is 2.71. The monoisotopic (exact) mass is 324 g/mol. The lowest BCUT2D eigenvalue weighted by Gasteiger charge is -2.04. The van der Waals surface area contributed by atoms with E-state index in [9.17, 15) is 9.59 Å². The molecular formula is C14H28O8. The first-order chi connectivity index (χ1) is 10.3. The Morgan fingerprint density at radius 3 is 1.14 bits per heavy atom. The number of unbranched alkanes of at least 4 members (excludes halogenated alkanes) is 4. The van der Waals surface area contributed by atoms with Gasteiger partial charge >= 0.3 is 11.9 Å². The molecule has 22 heavy (non-hydrogen) atoms. The number of hydrogen-bond acceptors (Lipinski definition) is 6. The highest BCUT2D eigenvalue weighted by Gasteiger charge is 1.99. The summed E-state index contributed by atoms with van der Waals surface area (Å²) in [6.07, 6.45) is 2.79. The van der Waals surface area contributed by atoms with Gasteiger partial charge in [0, 0.05) is 12.8 Å². The minimum absolute atomic E-state index is 0.0628. The number of aliphatic carboxylic acids is 2. The molecule has 0 spiro atoms. The summed E-state index contributed by atoms with van der Waals surface area (Å²) >= 11 is 0. The zero-order chi connectivity index (χ0) is 17.4. The minimum Gasteiger partial charge on any atom is -0.481 e. The Labute approximate surface area is 130 Å². The lowest BCUT2D eigenvalue weighted by Crippen LogP contribution is -2.04. The van der Waals surface area contributed by atoms with Crippen LogP contribution < -0.4 is 0 Å². The van der Waals surface area contributed by atoms with Crippen molar-refractivity contribution in [2.45, 2.75) is 76.8 Å². The first kappa shape index (κ1) is 23.1. The van der Waals surface area contributed by atoms with Crippen molar-refractivity contribution in [3.05, 3.63) is 0 Å². The Kier molecular flexibility index (Phi) is 16.9. The van der Waals surface area contributed by atoms with Gasteiger partial charge in [-0.3, -0.25) is 9.59 Å².